The molecule has 0 aliphatic carbocycles. The minimum Gasteiger partial charge on any atom is -0.350 e. The van der Waals surface area contributed by atoms with Crippen molar-refractivity contribution in [3.63, 3.8) is 0 Å². The van der Waals surface area contributed by atoms with Gasteiger partial charge >= 0.3 is 0 Å². The second-order valence-corrected chi connectivity index (χ2v) is 6.49. The largest absolute Gasteiger partial charge is 0.350 e. The summed E-state index contributed by atoms with van der Waals surface area (Å²) >= 11 is 0. The lowest BCUT2D eigenvalue weighted by atomic mass is 10.1. The molecule has 2 fully saturated rings. The van der Waals surface area contributed by atoms with Gasteiger partial charge < -0.3 is 9.47 Å². The van der Waals surface area contributed by atoms with E-state index in [2.05, 4.69) is 0 Å². The maximum Gasteiger partial charge on any atom is 0.297 e. The minimum absolute atomic E-state index is 0.180. The molecule has 0 aromatic heterocycles. The first-order valence-corrected chi connectivity index (χ1v) is 7.72. The van der Waals surface area contributed by atoms with Gasteiger partial charge in [0.15, 0.2) is 6.29 Å². The average molecular weight is 284 g/mol. The highest BCUT2D eigenvalue weighted by Crippen LogP contribution is 2.31. The molecule has 2 heterocycles. The molecular formula is C13H16O5S. The molecule has 1 aromatic rings. The number of fused-ring (bicyclic) bond motifs is 2. The summed E-state index contributed by atoms with van der Waals surface area (Å²) in [5.74, 6) is 0. The van der Waals surface area contributed by atoms with Crippen LogP contribution in [0.3, 0.4) is 0 Å². The second kappa shape index (κ2) is 4.86. The van der Waals surface area contributed by atoms with E-state index < -0.39 is 16.2 Å². The highest BCUT2D eigenvalue weighted by atomic mass is 32.2. The Kier molecular flexibility index (Phi) is 3.34. The highest BCUT2D eigenvalue weighted by Gasteiger charge is 2.40. The van der Waals surface area contributed by atoms with Crippen molar-refractivity contribution in [3.05, 3.63) is 29.8 Å². The van der Waals surface area contributed by atoms with Crippen LogP contribution in [-0.2, 0) is 23.8 Å². The third-order valence-electron chi connectivity index (χ3n) is 3.43. The molecule has 3 atom stereocenters. The first-order chi connectivity index (χ1) is 9.04. The van der Waals surface area contributed by atoms with Crippen LogP contribution in [0.25, 0.3) is 0 Å². The topological polar surface area (TPSA) is 61.8 Å². The number of hydrogen-bond donors (Lipinski definition) is 0. The molecule has 19 heavy (non-hydrogen) atoms. The zero-order valence-electron chi connectivity index (χ0n) is 10.6. The van der Waals surface area contributed by atoms with Gasteiger partial charge in [-0.1, -0.05) is 17.7 Å². The molecule has 0 N–H and O–H groups in total. The van der Waals surface area contributed by atoms with Crippen LogP contribution < -0.4 is 0 Å². The van der Waals surface area contributed by atoms with Crippen molar-refractivity contribution in [1.29, 1.82) is 0 Å². The lowest BCUT2D eigenvalue weighted by molar-refractivity contribution is -0.112. The molecule has 104 valence electrons. The van der Waals surface area contributed by atoms with Gasteiger partial charge in [-0.15, -0.1) is 0 Å². The van der Waals surface area contributed by atoms with Crippen molar-refractivity contribution >= 4 is 10.1 Å². The number of ether oxygens (including phenoxy) is 2. The normalized spacial score (nSPS) is 30.5. The van der Waals surface area contributed by atoms with Gasteiger partial charge in [0.05, 0.1) is 11.5 Å². The summed E-state index contributed by atoms with van der Waals surface area (Å²) in [7, 11) is -3.74. The number of hydrogen-bond acceptors (Lipinski definition) is 5. The van der Waals surface area contributed by atoms with Gasteiger partial charge in [0, 0.05) is 6.42 Å². The number of benzene rings is 1. The molecule has 3 rings (SSSR count). The lowest BCUT2D eigenvalue weighted by Crippen LogP contribution is -2.37. The number of aryl methyl sites for hydroxylation is 1. The maximum absolute atomic E-state index is 12.2. The Bertz CT molecular complexity index is 551. The van der Waals surface area contributed by atoms with Crippen molar-refractivity contribution in [2.75, 3.05) is 6.61 Å². The molecule has 6 heteroatoms. The van der Waals surface area contributed by atoms with Crippen molar-refractivity contribution in [1.82, 2.24) is 0 Å². The van der Waals surface area contributed by atoms with E-state index in [1.165, 1.54) is 0 Å². The summed E-state index contributed by atoms with van der Waals surface area (Å²) in [6.07, 6.45) is 0.390. The molecule has 2 saturated heterocycles. The van der Waals surface area contributed by atoms with Crippen molar-refractivity contribution in [2.24, 2.45) is 0 Å². The minimum atomic E-state index is -3.74. The molecular weight excluding hydrogens is 268 g/mol. The molecule has 0 saturated carbocycles. The third-order valence-corrected chi connectivity index (χ3v) is 4.78. The molecule has 5 nitrogen and oxygen atoms in total. The van der Waals surface area contributed by atoms with Gasteiger partial charge in [0.25, 0.3) is 10.1 Å². The van der Waals surface area contributed by atoms with Crippen LogP contribution in [0, 0.1) is 6.92 Å². The van der Waals surface area contributed by atoms with Crippen LogP contribution in [0.4, 0.5) is 0 Å². The molecule has 2 aliphatic rings. The summed E-state index contributed by atoms with van der Waals surface area (Å²) in [6.45, 7) is 2.31. The van der Waals surface area contributed by atoms with Gasteiger partial charge in [-0.2, -0.15) is 8.42 Å². The molecule has 1 aromatic carbocycles. The molecule has 0 unspecified atom stereocenters. The van der Waals surface area contributed by atoms with Crippen molar-refractivity contribution < 1.29 is 22.1 Å². The van der Waals surface area contributed by atoms with Crippen LogP contribution in [0.5, 0.6) is 0 Å². The number of rotatable bonds is 3. The fourth-order valence-corrected chi connectivity index (χ4v) is 3.47. The Hall–Kier alpha value is -0.950. The zero-order valence-corrected chi connectivity index (χ0v) is 11.4. The Balaban J connectivity index is 1.76. The van der Waals surface area contributed by atoms with E-state index in [9.17, 15) is 8.42 Å². The monoisotopic (exact) mass is 284 g/mol. The van der Waals surface area contributed by atoms with Crippen molar-refractivity contribution in [3.8, 4) is 0 Å². The van der Waals surface area contributed by atoms with Gasteiger partial charge in [-0.3, -0.25) is 4.18 Å². The zero-order chi connectivity index (χ0) is 13.5. The predicted octanol–water partition coefficient (Wildman–Crippen LogP) is 1.60. The fraction of sp³-hybridized carbons (Fsp3) is 0.538. The predicted molar refractivity (Wildman–Crippen MR) is 67.1 cm³/mol. The first-order valence-electron chi connectivity index (χ1n) is 6.32. The highest BCUT2D eigenvalue weighted by molar-refractivity contribution is 7.86. The van der Waals surface area contributed by atoms with Crippen LogP contribution in [0.2, 0.25) is 0 Å². The van der Waals surface area contributed by atoms with Gasteiger partial charge in [0.1, 0.15) is 12.2 Å². The Morgan fingerprint density at radius 3 is 2.68 bits per heavy atom. The van der Waals surface area contributed by atoms with Crippen LogP contribution >= 0.6 is 0 Å². The van der Waals surface area contributed by atoms with E-state index in [-0.39, 0.29) is 17.3 Å². The summed E-state index contributed by atoms with van der Waals surface area (Å²) in [6, 6.07) is 6.62. The summed E-state index contributed by atoms with van der Waals surface area (Å²) in [5, 5.41) is 0. The summed E-state index contributed by atoms with van der Waals surface area (Å²) < 4.78 is 40.5. The second-order valence-electron chi connectivity index (χ2n) is 4.92. The van der Waals surface area contributed by atoms with E-state index in [0.29, 0.717) is 19.4 Å². The molecule has 2 bridgehead atoms. The lowest BCUT2D eigenvalue weighted by Gasteiger charge is -2.26. The molecule has 0 spiro atoms. The Morgan fingerprint density at radius 2 is 1.95 bits per heavy atom. The van der Waals surface area contributed by atoms with E-state index in [1.807, 2.05) is 6.92 Å². The van der Waals surface area contributed by atoms with Gasteiger partial charge in [-0.25, -0.2) is 0 Å². The first kappa shape index (κ1) is 13.1. The van der Waals surface area contributed by atoms with Crippen LogP contribution in [0.1, 0.15) is 18.4 Å². The smallest absolute Gasteiger partial charge is 0.297 e. The average Bonchev–Trinajstić information content (AvgIpc) is 2.76. The van der Waals surface area contributed by atoms with Crippen LogP contribution in [-0.4, -0.2) is 33.5 Å². The fourth-order valence-electron chi connectivity index (χ4n) is 2.34. The van der Waals surface area contributed by atoms with Gasteiger partial charge in [-0.05, 0) is 25.5 Å². The summed E-state index contributed by atoms with van der Waals surface area (Å²) in [4.78, 5) is 0.180. The Morgan fingerprint density at radius 1 is 1.21 bits per heavy atom. The van der Waals surface area contributed by atoms with Crippen LogP contribution in [0.15, 0.2) is 29.2 Å². The summed E-state index contributed by atoms with van der Waals surface area (Å²) in [5.41, 5.74) is 1.01. The quantitative estimate of drug-likeness (QED) is 0.789. The van der Waals surface area contributed by atoms with Gasteiger partial charge in [0.2, 0.25) is 0 Å². The van der Waals surface area contributed by atoms with E-state index in [1.54, 1.807) is 24.3 Å². The van der Waals surface area contributed by atoms with E-state index in [4.69, 9.17) is 13.7 Å². The van der Waals surface area contributed by atoms with E-state index >= 15 is 0 Å². The SMILES string of the molecule is Cc1ccc(S(=O)(=O)O[C@H]2CC[C@@H]3OC[C@H]2O3)cc1. The van der Waals surface area contributed by atoms with E-state index in [0.717, 1.165) is 5.56 Å². The molecule has 2 aliphatic heterocycles. The molecule has 0 radical (unpaired) electrons. The maximum atomic E-state index is 12.2. The third kappa shape index (κ3) is 2.67. The Labute approximate surface area is 112 Å². The molecule has 0 amide bonds. The standard InChI is InChI=1S/C13H16O5S/c1-9-2-4-10(5-3-9)19(14,15)18-11-6-7-13-16-8-12(11)17-13/h2-5,11-13H,6-8H2,1H3/t11-,12+,13+/m0/s1. The van der Waals surface area contributed by atoms with Crippen molar-refractivity contribution in [2.45, 2.75) is 43.2 Å².